The highest BCUT2D eigenvalue weighted by atomic mass is 16.5. The second-order valence-electron chi connectivity index (χ2n) is 9.71. The lowest BCUT2D eigenvalue weighted by molar-refractivity contribution is -0.0338. The first-order valence-electron chi connectivity index (χ1n) is 12.3. The van der Waals surface area contributed by atoms with Gasteiger partial charge in [-0.2, -0.15) is 9.61 Å². The van der Waals surface area contributed by atoms with Gasteiger partial charge in [-0.05, 0) is 58.6 Å². The van der Waals surface area contributed by atoms with Crippen LogP contribution in [-0.2, 0) is 4.74 Å². The molecule has 1 N–H and O–H groups in total. The number of nitrogens with one attached hydrogen (secondary N) is 1. The van der Waals surface area contributed by atoms with Gasteiger partial charge in [0, 0.05) is 31.3 Å². The van der Waals surface area contributed by atoms with Gasteiger partial charge in [0.25, 0.3) is 0 Å². The van der Waals surface area contributed by atoms with E-state index in [-0.39, 0.29) is 12.2 Å². The zero-order valence-electron chi connectivity index (χ0n) is 20.0. The van der Waals surface area contributed by atoms with Crippen LogP contribution in [0.1, 0.15) is 45.2 Å². The number of hydrogen-bond acceptors (Lipinski definition) is 7. The summed E-state index contributed by atoms with van der Waals surface area (Å²) in [5, 5.41) is 8.74. The number of rotatable bonds is 4. The minimum Gasteiger partial charge on any atom is -0.375 e. The van der Waals surface area contributed by atoms with Gasteiger partial charge in [0.15, 0.2) is 5.65 Å². The molecule has 8 heteroatoms. The van der Waals surface area contributed by atoms with E-state index >= 15 is 0 Å². The molecule has 3 aromatic heterocycles. The third-order valence-electron chi connectivity index (χ3n) is 6.88. The molecule has 176 valence electrons. The summed E-state index contributed by atoms with van der Waals surface area (Å²) in [7, 11) is 0. The molecule has 34 heavy (non-hydrogen) atoms. The van der Waals surface area contributed by atoms with Crippen LogP contribution in [0.3, 0.4) is 0 Å². The lowest BCUT2D eigenvalue weighted by Gasteiger charge is -2.33. The predicted octanol–water partition coefficient (Wildman–Crippen LogP) is 4.62. The molecule has 1 unspecified atom stereocenters. The van der Waals surface area contributed by atoms with Crippen LogP contribution < -0.4 is 10.2 Å². The SMILES string of the molecule is Cc1nc2ccccc2nc1-c1cc2nc(N3CCCC3)cc(NC3C[C@@H](C)O[C@@H](C)C3)n2n1. The van der Waals surface area contributed by atoms with Crippen molar-refractivity contribution < 1.29 is 4.74 Å². The van der Waals surface area contributed by atoms with Crippen molar-refractivity contribution in [3.05, 3.63) is 42.1 Å². The first-order valence-corrected chi connectivity index (χ1v) is 12.3. The molecule has 2 fully saturated rings. The molecule has 0 saturated carbocycles. The highest BCUT2D eigenvalue weighted by Crippen LogP contribution is 2.29. The Labute approximate surface area is 199 Å². The first kappa shape index (κ1) is 21.3. The van der Waals surface area contributed by atoms with Gasteiger partial charge in [-0.25, -0.2) is 15.0 Å². The predicted molar refractivity (Wildman–Crippen MR) is 134 cm³/mol. The van der Waals surface area contributed by atoms with Gasteiger partial charge in [-0.1, -0.05) is 12.1 Å². The second kappa shape index (κ2) is 8.51. The molecule has 2 aliphatic rings. The van der Waals surface area contributed by atoms with Gasteiger partial charge in [0.2, 0.25) is 0 Å². The number of para-hydroxylation sites is 2. The van der Waals surface area contributed by atoms with E-state index in [2.05, 4.69) is 30.1 Å². The molecule has 0 spiro atoms. The summed E-state index contributed by atoms with van der Waals surface area (Å²) >= 11 is 0. The average Bonchev–Trinajstić information content (AvgIpc) is 3.48. The number of aromatic nitrogens is 5. The van der Waals surface area contributed by atoms with E-state index in [0.29, 0.717) is 6.04 Å². The van der Waals surface area contributed by atoms with Gasteiger partial charge < -0.3 is 15.0 Å². The number of benzene rings is 1. The third-order valence-corrected chi connectivity index (χ3v) is 6.88. The fourth-order valence-electron chi connectivity index (χ4n) is 5.35. The topological polar surface area (TPSA) is 80.5 Å². The van der Waals surface area contributed by atoms with Gasteiger partial charge in [0.05, 0.1) is 28.9 Å². The molecule has 0 radical (unpaired) electrons. The minimum absolute atomic E-state index is 0.236. The summed E-state index contributed by atoms with van der Waals surface area (Å²) in [6, 6.07) is 12.5. The van der Waals surface area contributed by atoms with Gasteiger partial charge in [-0.3, -0.25) is 0 Å². The van der Waals surface area contributed by atoms with Crippen molar-refractivity contribution in [2.45, 2.75) is 64.7 Å². The average molecular weight is 458 g/mol. The molecule has 8 nitrogen and oxygen atoms in total. The smallest absolute Gasteiger partial charge is 0.160 e. The van der Waals surface area contributed by atoms with E-state index in [0.717, 1.165) is 71.3 Å². The molecule has 2 aliphatic heterocycles. The van der Waals surface area contributed by atoms with Crippen LogP contribution in [0.15, 0.2) is 36.4 Å². The van der Waals surface area contributed by atoms with Crippen molar-refractivity contribution in [2.24, 2.45) is 0 Å². The van der Waals surface area contributed by atoms with Crippen LogP contribution in [0.2, 0.25) is 0 Å². The summed E-state index contributed by atoms with van der Waals surface area (Å²) < 4.78 is 7.89. The molecular weight excluding hydrogens is 426 g/mol. The zero-order valence-corrected chi connectivity index (χ0v) is 20.0. The molecule has 6 rings (SSSR count). The van der Waals surface area contributed by atoms with Gasteiger partial charge in [0.1, 0.15) is 23.0 Å². The third kappa shape index (κ3) is 3.96. The molecule has 0 aliphatic carbocycles. The van der Waals surface area contributed by atoms with Crippen molar-refractivity contribution in [1.82, 2.24) is 24.6 Å². The fraction of sp³-hybridized carbons (Fsp3) is 0.462. The Kier molecular flexibility index (Phi) is 5.32. The maximum Gasteiger partial charge on any atom is 0.160 e. The highest BCUT2D eigenvalue weighted by molar-refractivity contribution is 5.78. The molecule has 5 heterocycles. The Bertz CT molecular complexity index is 1330. The molecule has 1 aromatic carbocycles. The number of ether oxygens (including phenoxy) is 1. The van der Waals surface area contributed by atoms with Crippen molar-refractivity contribution in [3.8, 4) is 11.4 Å². The van der Waals surface area contributed by atoms with Gasteiger partial charge >= 0.3 is 0 Å². The van der Waals surface area contributed by atoms with E-state index in [1.807, 2.05) is 41.8 Å². The summed E-state index contributed by atoms with van der Waals surface area (Å²) in [6.45, 7) is 8.38. The lowest BCUT2D eigenvalue weighted by Crippen LogP contribution is -2.37. The maximum absolute atomic E-state index is 5.96. The van der Waals surface area contributed by atoms with Crippen molar-refractivity contribution >= 4 is 28.3 Å². The molecular formula is C26H31N7O. The molecule has 4 aromatic rings. The standard InChI is InChI=1S/C26H31N7O/c1-16-12-19(13-17(2)34-16)28-25-15-23(32-10-6-7-11-32)30-24-14-22(31-33(24)25)26-18(3)27-20-8-4-5-9-21(20)29-26/h4-5,8-9,14-17,19,28H,6-7,10-13H2,1-3H3/t16-,17+,19?. The zero-order chi connectivity index (χ0) is 23.2. The van der Waals surface area contributed by atoms with E-state index in [9.17, 15) is 0 Å². The second-order valence-corrected chi connectivity index (χ2v) is 9.71. The Hall–Kier alpha value is -3.26. The van der Waals surface area contributed by atoms with E-state index in [4.69, 9.17) is 24.8 Å². The van der Waals surface area contributed by atoms with Crippen LogP contribution >= 0.6 is 0 Å². The summed E-state index contributed by atoms with van der Waals surface area (Å²) in [5.74, 6) is 1.98. The maximum atomic E-state index is 5.96. The molecule has 2 saturated heterocycles. The normalized spacial score (nSPS) is 23.1. The molecule has 3 atom stereocenters. The Balaban J connectivity index is 1.44. The lowest BCUT2D eigenvalue weighted by atomic mass is 10.00. The Morgan fingerprint density at radius 3 is 2.38 bits per heavy atom. The fourth-order valence-corrected chi connectivity index (χ4v) is 5.35. The first-order chi connectivity index (χ1) is 16.5. The van der Waals surface area contributed by atoms with Gasteiger partial charge in [-0.15, -0.1) is 0 Å². The summed E-state index contributed by atoms with van der Waals surface area (Å²) in [4.78, 5) is 17.0. The number of fused-ring (bicyclic) bond motifs is 2. The Morgan fingerprint density at radius 2 is 1.65 bits per heavy atom. The summed E-state index contributed by atoms with van der Waals surface area (Å²) in [6.07, 6.45) is 4.83. The van der Waals surface area contributed by atoms with Crippen molar-refractivity contribution in [1.29, 1.82) is 0 Å². The van der Waals surface area contributed by atoms with Crippen LogP contribution in [0.4, 0.5) is 11.6 Å². The number of nitrogens with zero attached hydrogens (tertiary/aromatic N) is 6. The minimum atomic E-state index is 0.236. The van der Waals surface area contributed by atoms with Crippen molar-refractivity contribution in [2.75, 3.05) is 23.3 Å². The monoisotopic (exact) mass is 457 g/mol. The van der Waals surface area contributed by atoms with Crippen LogP contribution in [0.25, 0.3) is 28.1 Å². The number of hydrogen-bond donors (Lipinski definition) is 1. The Morgan fingerprint density at radius 1 is 0.941 bits per heavy atom. The van der Waals surface area contributed by atoms with Crippen LogP contribution in [0, 0.1) is 6.92 Å². The van der Waals surface area contributed by atoms with Crippen LogP contribution in [0.5, 0.6) is 0 Å². The van der Waals surface area contributed by atoms with Crippen LogP contribution in [-0.4, -0.2) is 55.9 Å². The quantitative estimate of drug-likeness (QED) is 0.479. The molecule has 0 bridgehead atoms. The van der Waals surface area contributed by atoms with Crippen molar-refractivity contribution in [3.63, 3.8) is 0 Å². The summed E-state index contributed by atoms with van der Waals surface area (Å²) in [5.41, 5.74) is 5.04. The van der Waals surface area contributed by atoms with E-state index in [1.165, 1.54) is 12.8 Å². The number of aryl methyl sites for hydroxylation is 1. The largest absolute Gasteiger partial charge is 0.375 e. The van der Waals surface area contributed by atoms with E-state index in [1.54, 1.807) is 0 Å². The van der Waals surface area contributed by atoms with E-state index < -0.39 is 0 Å². The molecule has 0 amide bonds. The highest BCUT2D eigenvalue weighted by Gasteiger charge is 2.26. The number of anilines is 2.